The first-order valence-electron chi connectivity index (χ1n) is 17.6. The van der Waals surface area contributed by atoms with E-state index < -0.39 is 5.97 Å². The van der Waals surface area contributed by atoms with Gasteiger partial charge in [0.2, 0.25) is 11.2 Å². The third kappa shape index (κ3) is 14.0. The van der Waals surface area contributed by atoms with Gasteiger partial charge in [0.15, 0.2) is 17.1 Å². The molecule has 8 N–H and O–H groups in total. The van der Waals surface area contributed by atoms with E-state index in [4.69, 9.17) is 41.7 Å². The summed E-state index contributed by atoms with van der Waals surface area (Å²) in [5.41, 5.74) is 8.39. The normalized spacial score (nSPS) is 13.8. The molecule has 0 atom stereocenters. The van der Waals surface area contributed by atoms with Gasteiger partial charge in [0.1, 0.15) is 36.2 Å². The van der Waals surface area contributed by atoms with Crippen molar-refractivity contribution in [2.45, 2.75) is 84.3 Å². The van der Waals surface area contributed by atoms with Crippen LogP contribution in [0.2, 0.25) is 5.28 Å². The highest BCUT2D eigenvalue weighted by molar-refractivity contribution is 6.28. The maximum Gasteiger partial charge on any atom is 0.300 e. The highest BCUT2D eigenvalue weighted by atomic mass is 35.5. The predicted molar refractivity (Wildman–Crippen MR) is 207 cm³/mol. The van der Waals surface area contributed by atoms with Crippen molar-refractivity contribution in [2.24, 2.45) is 0 Å². The van der Waals surface area contributed by atoms with E-state index in [-0.39, 0.29) is 5.49 Å². The summed E-state index contributed by atoms with van der Waals surface area (Å²) in [6, 6.07) is 6.57. The van der Waals surface area contributed by atoms with Crippen LogP contribution in [0.15, 0.2) is 69.1 Å². The van der Waals surface area contributed by atoms with E-state index in [9.17, 15) is 0 Å². The zero-order valence-corrected chi connectivity index (χ0v) is 32.0. The van der Waals surface area contributed by atoms with Crippen molar-refractivity contribution in [1.29, 1.82) is 5.41 Å². The Hall–Kier alpha value is -6.57. The lowest BCUT2D eigenvalue weighted by Gasteiger charge is -2.08. The molecule has 3 fully saturated rings. The van der Waals surface area contributed by atoms with Gasteiger partial charge in [0.25, 0.3) is 11.9 Å². The van der Waals surface area contributed by atoms with E-state index in [1.54, 1.807) is 36.8 Å². The number of nitrogens with zero attached hydrogens (tertiary/aromatic N) is 9. The van der Waals surface area contributed by atoms with Crippen molar-refractivity contribution in [3.63, 3.8) is 0 Å². The fraction of sp³-hybridized carbons (Fsp3) is 0.371. The number of carbonyl (C=O) groups is 1. The molecule has 6 aromatic rings. The zero-order valence-electron chi connectivity index (χ0n) is 31.2. The summed E-state index contributed by atoms with van der Waals surface area (Å²) in [7, 11) is 0. The molecule has 0 saturated heterocycles. The Balaban J connectivity index is 0.000000145. The third-order valence-electron chi connectivity index (χ3n) is 7.56. The molecular weight excluding hydrogens is 746 g/mol. The molecule has 6 heterocycles. The number of hydrogen-bond donors (Lipinski definition) is 7. The van der Waals surface area contributed by atoms with Gasteiger partial charge in [-0.15, -0.1) is 4.74 Å². The van der Waals surface area contributed by atoms with Crippen LogP contribution in [0.3, 0.4) is 0 Å². The Kier molecular flexibility index (Phi) is 14.3. The summed E-state index contributed by atoms with van der Waals surface area (Å²) in [5, 5.41) is 35.4. The maximum atomic E-state index is 9.00. The molecule has 0 aliphatic heterocycles. The molecule has 20 nitrogen and oxygen atoms in total. The summed E-state index contributed by atoms with van der Waals surface area (Å²) < 4.78 is 15.5. The van der Waals surface area contributed by atoms with Crippen LogP contribution >= 0.6 is 11.6 Å². The average Bonchev–Trinajstić information content (AvgIpc) is 4.14. The smallest absolute Gasteiger partial charge is 0.300 e. The summed E-state index contributed by atoms with van der Waals surface area (Å²) in [4.78, 5) is 34.1. The van der Waals surface area contributed by atoms with Crippen molar-refractivity contribution < 1.29 is 23.5 Å². The number of carboxylic acid groups (broad SMARTS) is 1. The second-order valence-corrected chi connectivity index (χ2v) is 13.2. The van der Waals surface area contributed by atoms with Crippen molar-refractivity contribution in [2.75, 3.05) is 27.0 Å². The van der Waals surface area contributed by atoms with Crippen LogP contribution in [-0.2, 0) is 4.79 Å². The molecule has 3 saturated carbocycles. The number of rotatable bonds is 9. The molecule has 0 bridgehead atoms. The van der Waals surface area contributed by atoms with Gasteiger partial charge in [-0.25, -0.2) is 19.9 Å². The van der Waals surface area contributed by atoms with Crippen LogP contribution in [0.25, 0.3) is 5.95 Å². The van der Waals surface area contributed by atoms with Gasteiger partial charge < -0.3 is 45.7 Å². The van der Waals surface area contributed by atoms with Crippen molar-refractivity contribution in [1.82, 2.24) is 45.0 Å². The Morgan fingerprint density at radius 3 is 1.77 bits per heavy atom. The number of aliphatic carboxylic acids is 1. The molecule has 0 spiro atoms. The quantitative estimate of drug-likeness (QED) is 0.0868. The molecule has 56 heavy (non-hydrogen) atoms. The minimum absolute atomic E-state index is 0.228. The summed E-state index contributed by atoms with van der Waals surface area (Å²) >= 11 is 5.66. The van der Waals surface area contributed by atoms with Gasteiger partial charge >= 0.3 is 0 Å². The second-order valence-electron chi connectivity index (χ2n) is 12.9. The molecule has 0 aromatic carbocycles. The predicted octanol–water partition coefficient (Wildman–Crippen LogP) is 5.67. The highest BCUT2D eigenvalue weighted by Crippen LogP contribution is 2.27. The minimum atomic E-state index is -0.833. The molecule has 0 unspecified atom stereocenters. The molecule has 296 valence electrons. The van der Waals surface area contributed by atoms with E-state index in [1.165, 1.54) is 62.1 Å². The number of nitrogens with one attached hydrogen (secondary N) is 5. The van der Waals surface area contributed by atoms with E-state index >= 15 is 0 Å². The Morgan fingerprint density at radius 2 is 1.30 bits per heavy atom. The third-order valence-corrected chi connectivity index (χ3v) is 7.74. The monoisotopic (exact) mass is 789 g/mol. The van der Waals surface area contributed by atoms with Crippen molar-refractivity contribution in [3.05, 3.63) is 83.0 Å². The average molecular weight is 790 g/mol. The fourth-order valence-electron chi connectivity index (χ4n) is 4.20. The first-order chi connectivity index (χ1) is 26.9. The summed E-state index contributed by atoms with van der Waals surface area (Å²) in [6.45, 7) is 7.01. The number of carboxylic acids is 1. The van der Waals surface area contributed by atoms with Crippen LogP contribution < -0.4 is 32.5 Å². The number of anilines is 6. The lowest BCUT2D eigenvalue weighted by atomic mass is 10.3. The van der Waals surface area contributed by atoms with Gasteiger partial charge in [0, 0.05) is 78.5 Å². The van der Waals surface area contributed by atoms with Gasteiger partial charge in [-0.2, -0.15) is 9.97 Å². The highest BCUT2D eigenvalue weighted by Gasteiger charge is 2.24. The maximum absolute atomic E-state index is 9.00. The summed E-state index contributed by atoms with van der Waals surface area (Å²) in [6.07, 6.45) is 16.9. The lowest BCUT2D eigenvalue weighted by Crippen LogP contribution is -2.16. The number of nitrogen functional groups attached to an aromatic ring is 1. The van der Waals surface area contributed by atoms with Crippen LogP contribution in [0, 0.1) is 26.2 Å². The topological polar surface area (TPSA) is 283 Å². The van der Waals surface area contributed by atoms with Crippen LogP contribution in [0.5, 0.6) is 0 Å². The largest absolute Gasteiger partial charge is 0.481 e. The molecule has 21 heteroatoms. The van der Waals surface area contributed by atoms with Crippen molar-refractivity contribution in [3.8, 4) is 5.95 Å². The number of aromatic nitrogens is 9. The van der Waals surface area contributed by atoms with E-state index in [0.29, 0.717) is 46.9 Å². The standard InChI is InChI=1S/2C11H13N5O.C8H10ClN3.C3H4N2O.C2H4O2/c1-7-6-13-11(16-9(12)4-5-17-16)15-10(7)14-8-2-3-8;1-7-6-12-11(14-9-4-5-17-16-9)15-10(7)13-8-2-3-8;1-5-4-10-8(9)12-7(5)11-6-2-3-6;4-3-1-2-6-5-3;1-2(3)4/h4-6,8,12H,2-3H2,1H3,(H,13,14,15);4-6,8H,2-3H2,1H3,(H2,12,13,14,15,16);4,6H,2-3H2,1H3,(H,10,11,12);1-2H,(H2,4,5);1H3,(H,3,4). The second kappa shape index (κ2) is 19.7. The number of aryl methyl sites for hydroxylation is 3. The number of hydrogen-bond acceptors (Lipinski definition) is 18. The van der Waals surface area contributed by atoms with E-state index in [0.717, 1.165) is 41.1 Å². The Labute approximate surface area is 326 Å². The van der Waals surface area contributed by atoms with Crippen LogP contribution in [-0.4, -0.2) is 74.2 Å². The molecule has 3 aliphatic carbocycles. The van der Waals surface area contributed by atoms with Gasteiger partial charge in [-0.1, -0.05) is 10.3 Å². The van der Waals surface area contributed by atoms with E-state index in [1.807, 2.05) is 20.8 Å². The zero-order chi connectivity index (χ0) is 40.0. The van der Waals surface area contributed by atoms with Gasteiger partial charge in [0.05, 0.1) is 0 Å². The van der Waals surface area contributed by atoms with Gasteiger partial charge in [-0.05, 0) is 70.9 Å². The first kappa shape index (κ1) is 40.6. The Morgan fingerprint density at radius 1 is 0.786 bits per heavy atom. The van der Waals surface area contributed by atoms with Crippen LogP contribution in [0.4, 0.5) is 35.0 Å². The first-order valence-corrected chi connectivity index (χ1v) is 18.0. The SMILES string of the molecule is CC(=O)O.Cc1cnc(-n2occc2=N)nc1NC1CC1.Cc1cnc(Cl)nc1NC1CC1.Cc1cnc(Nc2ccon2)nc1NC1CC1.Nc1ccon1. The number of halogens is 1. The molecule has 0 radical (unpaired) electrons. The molecule has 6 aromatic heterocycles. The summed E-state index contributed by atoms with van der Waals surface area (Å²) in [5.74, 6) is 3.68. The number of nitrogens with two attached hydrogens (primary N) is 1. The van der Waals surface area contributed by atoms with Gasteiger partial charge in [-0.3, -0.25) is 10.2 Å². The molecule has 0 amide bonds. The fourth-order valence-corrected chi connectivity index (χ4v) is 4.34. The minimum Gasteiger partial charge on any atom is -0.481 e. The molecular formula is C35H44ClN15O5. The Bertz CT molecular complexity index is 2180. The van der Waals surface area contributed by atoms with Crippen molar-refractivity contribution >= 4 is 52.6 Å². The van der Waals surface area contributed by atoms with Crippen LogP contribution in [0.1, 0.15) is 62.1 Å². The molecule has 3 aliphatic rings. The van der Waals surface area contributed by atoms with E-state index in [2.05, 4.69) is 66.0 Å². The molecule has 9 rings (SSSR count). The lowest BCUT2D eigenvalue weighted by molar-refractivity contribution is -0.134.